The van der Waals surface area contributed by atoms with Crippen LogP contribution in [-0.4, -0.2) is 66.6 Å². The molecule has 1 aliphatic heterocycles. The van der Waals surface area contributed by atoms with Gasteiger partial charge in [-0.1, -0.05) is 36.4 Å². The van der Waals surface area contributed by atoms with Crippen molar-refractivity contribution in [3.05, 3.63) is 75.9 Å². The summed E-state index contributed by atoms with van der Waals surface area (Å²) in [6.07, 6.45) is -0.151. The number of phenolic OH excluding ortho intramolecular Hbond substituents is 3. The van der Waals surface area contributed by atoms with E-state index in [1.165, 1.54) is 20.3 Å². The second-order valence-electron chi connectivity index (χ2n) is 9.37. The molecule has 5 rings (SSSR count). The average Bonchev–Trinajstić information content (AvgIpc) is 2.99. The quantitative estimate of drug-likeness (QED) is 0.293. The van der Waals surface area contributed by atoms with Gasteiger partial charge in [0.15, 0.2) is 28.4 Å². The van der Waals surface area contributed by atoms with Crippen molar-refractivity contribution < 1.29 is 38.7 Å². The minimum absolute atomic E-state index is 0.0194. The number of benzene rings is 3. The third-order valence-corrected chi connectivity index (χ3v) is 7.09. The van der Waals surface area contributed by atoms with Gasteiger partial charge in [-0.2, -0.15) is 0 Å². The van der Waals surface area contributed by atoms with Gasteiger partial charge in [0.25, 0.3) is 0 Å². The van der Waals surface area contributed by atoms with Crippen LogP contribution in [0.3, 0.4) is 0 Å². The van der Waals surface area contributed by atoms with E-state index < -0.39 is 28.6 Å². The normalized spacial score (nSPS) is 14.2. The lowest BCUT2D eigenvalue weighted by atomic mass is 9.85. The van der Waals surface area contributed by atoms with Crippen LogP contribution in [-0.2, 0) is 9.53 Å². The fourth-order valence-electron chi connectivity index (χ4n) is 5.01. The molecule has 0 saturated carbocycles. The predicted octanol–water partition coefficient (Wildman–Crippen LogP) is 3.97. The molecule has 1 fully saturated rings. The van der Waals surface area contributed by atoms with Gasteiger partial charge in [0.1, 0.15) is 16.7 Å². The summed E-state index contributed by atoms with van der Waals surface area (Å²) in [5.74, 6) is -2.53. The topological polar surface area (TPSA) is 139 Å². The largest absolute Gasteiger partial charge is 0.504 e. The molecule has 10 nitrogen and oxygen atoms in total. The molecule has 40 heavy (non-hydrogen) atoms. The lowest BCUT2D eigenvalue weighted by Crippen LogP contribution is -2.41. The van der Waals surface area contributed by atoms with Crippen LogP contribution in [0.25, 0.3) is 22.3 Å². The van der Waals surface area contributed by atoms with Gasteiger partial charge in [0.2, 0.25) is 11.7 Å². The van der Waals surface area contributed by atoms with Gasteiger partial charge in [0, 0.05) is 42.6 Å². The van der Waals surface area contributed by atoms with Crippen LogP contribution in [0.2, 0.25) is 0 Å². The van der Waals surface area contributed by atoms with Gasteiger partial charge in [-0.3, -0.25) is 9.59 Å². The number of carbonyl (C=O) groups excluding carboxylic acids is 1. The van der Waals surface area contributed by atoms with Crippen LogP contribution in [0.1, 0.15) is 23.5 Å². The van der Waals surface area contributed by atoms with Crippen molar-refractivity contribution in [3.63, 3.8) is 0 Å². The number of amides is 1. The number of fused-ring (bicyclic) bond motifs is 1. The van der Waals surface area contributed by atoms with E-state index in [2.05, 4.69) is 0 Å². The highest BCUT2D eigenvalue weighted by atomic mass is 16.5. The fourth-order valence-corrected chi connectivity index (χ4v) is 5.01. The predicted molar refractivity (Wildman–Crippen MR) is 146 cm³/mol. The Morgan fingerprint density at radius 1 is 0.925 bits per heavy atom. The molecule has 3 N–H and O–H groups in total. The average molecular weight is 548 g/mol. The zero-order chi connectivity index (χ0) is 28.4. The summed E-state index contributed by atoms with van der Waals surface area (Å²) in [6, 6.07) is 15.1. The molecule has 208 valence electrons. The first-order valence-electron chi connectivity index (χ1n) is 12.7. The Bertz CT molecular complexity index is 1610. The maximum Gasteiger partial charge on any atom is 0.223 e. The second kappa shape index (κ2) is 11.2. The molecular weight excluding hydrogens is 518 g/mol. The van der Waals surface area contributed by atoms with E-state index in [-0.39, 0.29) is 34.6 Å². The SMILES string of the molecule is COc1ccc([C@@H](CC(=O)N2CCOCC2)c2c(O)c(O)c(O)c3c(=O)cc(-c4ccccc4)oc23)cc1OC. The van der Waals surface area contributed by atoms with Crippen molar-refractivity contribution >= 4 is 16.9 Å². The summed E-state index contributed by atoms with van der Waals surface area (Å²) in [7, 11) is 2.97. The number of rotatable bonds is 7. The number of hydrogen-bond donors (Lipinski definition) is 3. The molecule has 0 aliphatic carbocycles. The third kappa shape index (κ3) is 4.89. The number of phenols is 3. The monoisotopic (exact) mass is 547 g/mol. The van der Waals surface area contributed by atoms with Crippen molar-refractivity contribution in [3.8, 4) is 40.1 Å². The summed E-state index contributed by atoms with van der Waals surface area (Å²) < 4.78 is 22.4. The molecule has 4 aromatic rings. The van der Waals surface area contributed by atoms with E-state index in [1.54, 1.807) is 47.4 Å². The first-order chi connectivity index (χ1) is 19.3. The van der Waals surface area contributed by atoms with E-state index in [0.29, 0.717) is 48.9 Å². The van der Waals surface area contributed by atoms with E-state index in [1.807, 2.05) is 6.07 Å². The van der Waals surface area contributed by atoms with Gasteiger partial charge < -0.3 is 38.8 Å². The zero-order valence-electron chi connectivity index (χ0n) is 22.0. The Morgan fingerprint density at radius 3 is 2.30 bits per heavy atom. The smallest absolute Gasteiger partial charge is 0.223 e. The minimum atomic E-state index is -0.918. The van der Waals surface area contributed by atoms with E-state index >= 15 is 0 Å². The lowest BCUT2D eigenvalue weighted by Gasteiger charge is -2.29. The van der Waals surface area contributed by atoms with Crippen LogP contribution < -0.4 is 14.9 Å². The maximum absolute atomic E-state index is 13.5. The summed E-state index contributed by atoms with van der Waals surface area (Å²) >= 11 is 0. The van der Waals surface area contributed by atoms with Crippen molar-refractivity contribution in [2.24, 2.45) is 0 Å². The van der Waals surface area contributed by atoms with Crippen LogP contribution in [0.5, 0.6) is 28.7 Å². The van der Waals surface area contributed by atoms with Gasteiger partial charge in [-0.05, 0) is 17.7 Å². The number of hydrogen-bond acceptors (Lipinski definition) is 9. The molecule has 0 bridgehead atoms. The number of nitrogens with zero attached hydrogens (tertiary/aromatic N) is 1. The second-order valence-corrected chi connectivity index (χ2v) is 9.37. The Kier molecular flexibility index (Phi) is 7.52. The Hall–Kier alpha value is -4.70. The van der Waals surface area contributed by atoms with Crippen molar-refractivity contribution in [1.82, 2.24) is 4.90 Å². The summed E-state index contributed by atoms with van der Waals surface area (Å²) in [5.41, 5.74) is 0.322. The van der Waals surface area contributed by atoms with Crippen LogP contribution >= 0.6 is 0 Å². The molecule has 0 unspecified atom stereocenters. The van der Waals surface area contributed by atoms with Crippen LogP contribution in [0, 0.1) is 0 Å². The van der Waals surface area contributed by atoms with Crippen molar-refractivity contribution in [2.45, 2.75) is 12.3 Å². The van der Waals surface area contributed by atoms with Crippen LogP contribution in [0.15, 0.2) is 63.8 Å². The fraction of sp³-hybridized carbons (Fsp3) is 0.267. The number of ether oxygens (including phenoxy) is 3. The molecule has 0 spiro atoms. The summed E-state index contributed by atoms with van der Waals surface area (Å²) in [4.78, 5) is 28.5. The summed E-state index contributed by atoms with van der Waals surface area (Å²) in [6.45, 7) is 1.60. The maximum atomic E-state index is 13.5. The van der Waals surface area contributed by atoms with Gasteiger partial charge in [-0.25, -0.2) is 0 Å². The number of morpholine rings is 1. The van der Waals surface area contributed by atoms with Gasteiger partial charge in [-0.15, -0.1) is 0 Å². The highest BCUT2D eigenvalue weighted by molar-refractivity contribution is 5.94. The third-order valence-electron chi connectivity index (χ3n) is 7.09. The standard InChI is InChI=1S/C30H29NO9/c1-37-21-9-8-18(14-23(21)38-2)19(15-24(33)31-10-12-39-13-11-31)25-27(34)29(36)28(35)26-20(32)16-22(40-30(25)26)17-6-4-3-5-7-17/h3-9,14,16,19,34-36H,10-13,15H2,1-2H3/t19-/m1/s1. The Balaban J connectivity index is 1.78. The van der Waals surface area contributed by atoms with Crippen LogP contribution in [0.4, 0.5) is 0 Å². The number of methoxy groups -OCH3 is 2. The molecule has 1 saturated heterocycles. The molecule has 1 aromatic heterocycles. The highest BCUT2D eigenvalue weighted by Gasteiger charge is 2.33. The minimum Gasteiger partial charge on any atom is -0.504 e. The van der Waals surface area contributed by atoms with Crippen molar-refractivity contribution in [2.75, 3.05) is 40.5 Å². The molecule has 2 heterocycles. The van der Waals surface area contributed by atoms with E-state index in [9.17, 15) is 24.9 Å². The zero-order valence-corrected chi connectivity index (χ0v) is 22.0. The molecule has 1 aliphatic rings. The summed E-state index contributed by atoms with van der Waals surface area (Å²) in [5, 5.41) is 32.3. The molecule has 1 atom stereocenters. The lowest BCUT2D eigenvalue weighted by molar-refractivity contribution is -0.135. The number of aromatic hydroxyl groups is 3. The molecule has 3 aromatic carbocycles. The molecule has 10 heteroatoms. The molecule has 0 radical (unpaired) electrons. The molecule has 1 amide bonds. The first kappa shape index (κ1) is 26.9. The van der Waals surface area contributed by atoms with E-state index in [4.69, 9.17) is 18.6 Å². The first-order valence-corrected chi connectivity index (χ1v) is 12.7. The van der Waals surface area contributed by atoms with Gasteiger partial charge in [0.05, 0.1) is 27.4 Å². The van der Waals surface area contributed by atoms with Crippen molar-refractivity contribution in [1.29, 1.82) is 0 Å². The Morgan fingerprint density at radius 2 is 1.62 bits per heavy atom. The van der Waals surface area contributed by atoms with E-state index in [0.717, 1.165) is 0 Å². The Labute approximate surface area is 229 Å². The highest BCUT2D eigenvalue weighted by Crippen LogP contribution is 2.50. The number of carbonyl (C=O) groups is 1. The molecular formula is C30H29NO9. The van der Waals surface area contributed by atoms with Gasteiger partial charge >= 0.3 is 0 Å².